The molecule has 4 rings (SSSR count). The first-order chi connectivity index (χ1) is 15.4. The van der Waals surface area contributed by atoms with E-state index in [1.807, 2.05) is 0 Å². The van der Waals surface area contributed by atoms with E-state index in [0.717, 1.165) is 10.4 Å². The van der Waals surface area contributed by atoms with E-state index in [0.29, 0.717) is 49.3 Å². The summed E-state index contributed by atoms with van der Waals surface area (Å²) < 4.78 is 67.4. The molecule has 1 N–H and O–H groups in total. The van der Waals surface area contributed by atoms with Gasteiger partial charge in [0.1, 0.15) is 5.69 Å². The number of sulfonamides is 1. The van der Waals surface area contributed by atoms with Crippen LogP contribution in [0.15, 0.2) is 35.2 Å². The number of likely N-dealkylation sites (tertiary alicyclic amines) is 1. The van der Waals surface area contributed by atoms with Gasteiger partial charge in [0.2, 0.25) is 10.0 Å². The van der Waals surface area contributed by atoms with Crippen LogP contribution in [0.1, 0.15) is 40.2 Å². The van der Waals surface area contributed by atoms with E-state index in [1.54, 1.807) is 24.0 Å². The molecule has 11 heteroatoms. The molecule has 0 bridgehead atoms. The Morgan fingerprint density at radius 3 is 2.33 bits per heavy atom. The molecule has 1 amide bonds. The molecule has 2 aromatic rings. The van der Waals surface area contributed by atoms with Crippen LogP contribution in [-0.2, 0) is 28.3 Å². The van der Waals surface area contributed by atoms with E-state index in [1.165, 1.54) is 30.8 Å². The lowest BCUT2D eigenvalue weighted by Gasteiger charge is -2.45. The molecule has 1 fully saturated rings. The summed E-state index contributed by atoms with van der Waals surface area (Å²) in [5, 5.41) is 3.40. The molecular weight excluding hydrogens is 457 g/mol. The second kappa shape index (κ2) is 8.14. The highest BCUT2D eigenvalue weighted by Crippen LogP contribution is 2.40. The number of piperidine rings is 1. The van der Waals surface area contributed by atoms with Gasteiger partial charge in [0.15, 0.2) is 0 Å². The molecule has 0 aliphatic carbocycles. The zero-order chi connectivity index (χ0) is 24.2. The van der Waals surface area contributed by atoms with Crippen molar-refractivity contribution in [3.05, 3.63) is 52.8 Å². The van der Waals surface area contributed by atoms with Crippen molar-refractivity contribution in [1.29, 1.82) is 0 Å². The fraction of sp³-hybridized carbons (Fsp3) is 0.500. The van der Waals surface area contributed by atoms with Gasteiger partial charge in [-0.1, -0.05) is 0 Å². The van der Waals surface area contributed by atoms with Crippen LogP contribution in [0.4, 0.5) is 13.2 Å². The van der Waals surface area contributed by atoms with Gasteiger partial charge in [-0.25, -0.2) is 12.7 Å². The standard InChI is InChI=1S/C22H27F3N4O3S/c1-15-14-16(4-5-17(15)33(31,32)27(2)3)20(30)28-11-8-21(9-12-28)18-6-7-19(22(23,24)25)29(18)13-10-26-21/h4-7,14,26H,8-13H2,1-3H3. The summed E-state index contributed by atoms with van der Waals surface area (Å²) in [6, 6.07) is 7.20. The van der Waals surface area contributed by atoms with Crippen LogP contribution in [0.25, 0.3) is 0 Å². The van der Waals surface area contributed by atoms with Crippen LogP contribution in [0, 0.1) is 6.92 Å². The van der Waals surface area contributed by atoms with Gasteiger partial charge >= 0.3 is 6.18 Å². The molecule has 0 saturated carbocycles. The van der Waals surface area contributed by atoms with E-state index in [-0.39, 0.29) is 17.3 Å². The molecule has 1 saturated heterocycles. The van der Waals surface area contributed by atoms with Crippen molar-refractivity contribution < 1.29 is 26.4 Å². The molecule has 0 unspecified atom stereocenters. The number of fused-ring (bicyclic) bond motifs is 2. The molecular formula is C22H27F3N4O3S. The number of benzene rings is 1. The minimum atomic E-state index is -4.41. The number of carbonyl (C=O) groups excluding carboxylic acids is 1. The monoisotopic (exact) mass is 484 g/mol. The summed E-state index contributed by atoms with van der Waals surface area (Å²) in [6.45, 7) is 3.10. The molecule has 1 spiro atoms. The van der Waals surface area contributed by atoms with E-state index in [4.69, 9.17) is 0 Å². The number of alkyl halides is 3. The van der Waals surface area contributed by atoms with Crippen molar-refractivity contribution in [3.8, 4) is 0 Å². The summed E-state index contributed by atoms with van der Waals surface area (Å²) in [7, 11) is -0.714. The summed E-state index contributed by atoms with van der Waals surface area (Å²) in [4.78, 5) is 14.9. The van der Waals surface area contributed by atoms with Gasteiger partial charge in [-0.05, 0) is 55.7 Å². The van der Waals surface area contributed by atoms with Crippen molar-refractivity contribution in [1.82, 2.24) is 19.1 Å². The third kappa shape index (κ3) is 4.06. The molecule has 1 aromatic carbocycles. The predicted octanol–water partition coefficient (Wildman–Crippen LogP) is 2.80. The molecule has 7 nitrogen and oxygen atoms in total. The molecule has 0 atom stereocenters. The fourth-order valence-electron chi connectivity index (χ4n) is 4.85. The van der Waals surface area contributed by atoms with Crippen molar-refractivity contribution >= 4 is 15.9 Å². The minimum absolute atomic E-state index is 0.147. The second-order valence-corrected chi connectivity index (χ2v) is 10.9. The summed E-state index contributed by atoms with van der Waals surface area (Å²) in [6.07, 6.45) is -3.42. The van der Waals surface area contributed by atoms with E-state index < -0.39 is 27.4 Å². The van der Waals surface area contributed by atoms with E-state index in [2.05, 4.69) is 5.32 Å². The first-order valence-corrected chi connectivity index (χ1v) is 12.2. The third-order valence-electron chi connectivity index (χ3n) is 6.64. The Bertz CT molecular complexity index is 1180. The van der Waals surface area contributed by atoms with Gasteiger partial charge in [0, 0.05) is 51.5 Å². The SMILES string of the molecule is Cc1cc(C(=O)N2CCC3(CC2)NCCn2c(C(F)(F)F)ccc23)ccc1S(=O)(=O)N(C)C. The van der Waals surface area contributed by atoms with Gasteiger partial charge in [0.25, 0.3) is 5.91 Å². The lowest BCUT2D eigenvalue weighted by Crippen LogP contribution is -2.56. The molecule has 3 heterocycles. The Morgan fingerprint density at radius 2 is 1.76 bits per heavy atom. The van der Waals surface area contributed by atoms with Crippen molar-refractivity contribution in [2.45, 2.75) is 42.9 Å². The quantitative estimate of drug-likeness (QED) is 0.727. The lowest BCUT2D eigenvalue weighted by atomic mass is 9.83. The summed E-state index contributed by atoms with van der Waals surface area (Å²) in [5.74, 6) is -0.219. The number of aryl methyl sites for hydroxylation is 1. The first kappa shape index (κ1) is 23.8. The van der Waals surface area contributed by atoms with Crippen LogP contribution in [-0.4, -0.2) is 61.8 Å². The van der Waals surface area contributed by atoms with Gasteiger partial charge in [-0.15, -0.1) is 0 Å². The number of hydrogen-bond donors (Lipinski definition) is 1. The van der Waals surface area contributed by atoms with Gasteiger partial charge in [-0.3, -0.25) is 4.79 Å². The number of nitrogens with one attached hydrogen (secondary N) is 1. The smallest absolute Gasteiger partial charge is 0.338 e. The molecule has 180 valence electrons. The Labute approximate surface area is 191 Å². The number of amides is 1. The zero-order valence-corrected chi connectivity index (χ0v) is 19.6. The maximum absolute atomic E-state index is 13.4. The minimum Gasteiger partial charge on any atom is -0.338 e. The number of nitrogens with zero attached hydrogens (tertiary/aromatic N) is 3. The van der Waals surface area contributed by atoms with Crippen molar-refractivity contribution in [3.63, 3.8) is 0 Å². The molecule has 2 aliphatic heterocycles. The lowest BCUT2D eigenvalue weighted by molar-refractivity contribution is -0.144. The van der Waals surface area contributed by atoms with Crippen LogP contribution in [0.5, 0.6) is 0 Å². The molecule has 0 radical (unpaired) electrons. The fourth-order valence-corrected chi connectivity index (χ4v) is 5.95. The maximum atomic E-state index is 13.4. The topological polar surface area (TPSA) is 74.6 Å². The molecule has 1 aromatic heterocycles. The second-order valence-electron chi connectivity index (χ2n) is 8.82. The highest BCUT2D eigenvalue weighted by molar-refractivity contribution is 7.89. The number of hydrogen-bond acceptors (Lipinski definition) is 4. The van der Waals surface area contributed by atoms with Crippen LogP contribution >= 0.6 is 0 Å². The number of carbonyl (C=O) groups is 1. The zero-order valence-electron chi connectivity index (χ0n) is 18.7. The Morgan fingerprint density at radius 1 is 1.09 bits per heavy atom. The van der Waals surface area contributed by atoms with Crippen LogP contribution in [0.3, 0.4) is 0 Å². The average Bonchev–Trinajstić information content (AvgIpc) is 3.20. The number of rotatable bonds is 3. The molecule has 2 aliphatic rings. The van der Waals surface area contributed by atoms with Crippen molar-refractivity contribution in [2.75, 3.05) is 33.7 Å². The highest BCUT2D eigenvalue weighted by Gasteiger charge is 2.44. The first-order valence-electron chi connectivity index (χ1n) is 10.7. The van der Waals surface area contributed by atoms with E-state index >= 15 is 0 Å². The van der Waals surface area contributed by atoms with Crippen LogP contribution in [0.2, 0.25) is 0 Å². The largest absolute Gasteiger partial charge is 0.431 e. The summed E-state index contributed by atoms with van der Waals surface area (Å²) >= 11 is 0. The van der Waals surface area contributed by atoms with Crippen LogP contribution < -0.4 is 5.32 Å². The number of aromatic nitrogens is 1. The Kier molecular flexibility index (Phi) is 5.86. The third-order valence-corrected chi connectivity index (χ3v) is 8.62. The predicted molar refractivity (Wildman–Crippen MR) is 116 cm³/mol. The Hall–Kier alpha value is -2.37. The summed E-state index contributed by atoms with van der Waals surface area (Å²) in [5.41, 5.74) is 0.246. The van der Waals surface area contributed by atoms with Gasteiger partial charge < -0.3 is 14.8 Å². The maximum Gasteiger partial charge on any atom is 0.431 e. The molecule has 33 heavy (non-hydrogen) atoms. The average molecular weight is 485 g/mol. The van der Waals surface area contributed by atoms with Crippen molar-refractivity contribution in [2.24, 2.45) is 0 Å². The number of halogens is 3. The normalized spacial score (nSPS) is 18.6. The van der Waals surface area contributed by atoms with Gasteiger partial charge in [-0.2, -0.15) is 13.2 Å². The highest BCUT2D eigenvalue weighted by atomic mass is 32.2. The van der Waals surface area contributed by atoms with E-state index in [9.17, 15) is 26.4 Å². The van der Waals surface area contributed by atoms with Gasteiger partial charge in [0.05, 0.1) is 10.4 Å². The Balaban J connectivity index is 1.52.